The van der Waals surface area contributed by atoms with E-state index in [9.17, 15) is 4.79 Å². The zero-order chi connectivity index (χ0) is 9.97. The summed E-state index contributed by atoms with van der Waals surface area (Å²) in [5.41, 5.74) is -0.151. The fraction of sp³-hybridized carbons (Fsp3) is 0.500. The lowest BCUT2D eigenvalue weighted by Gasteiger charge is -2.26. The lowest BCUT2D eigenvalue weighted by atomic mass is 10.4. The van der Waals surface area contributed by atoms with Crippen LogP contribution in [0, 0.1) is 0 Å². The Kier molecular flexibility index (Phi) is 2.83. The first-order valence-electron chi connectivity index (χ1n) is 4.35. The maximum absolute atomic E-state index is 11.3. The van der Waals surface area contributed by atoms with Crippen LogP contribution in [0.25, 0.3) is 0 Å². The van der Waals surface area contributed by atoms with Crippen LogP contribution in [0.15, 0.2) is 15.5 Å². The molecule has 1 aromatic rings. The first kappa shape index (κ1) is 9.67. The second-order valence-corrected chi connectivity index (χ2v) is 3.84. The van der Waals surface area contributed by atoms with Crippen LogP contribution in [0.5, 0.6) is 0 Å². The summed E-state index contributed by atoms with van der Waals surface area (Å²) < 4.78 is 5.66. The molecular weight excluding hydrogens is 250 g/mol. The molecule has 0 aromatic carbocycles. The Morgan fingerprint density at radius 1 is 1.50 bits per heavy atom. The molecule has 1 aliphatic rings. The summed E-state index contributed by atoms with van der Waals surface area (Å²) in [5, 5.41) is 0. The van der Waals surface area contributed by atoms with Crippen LogP contribution >= 0.6 is 15.9 Å². The molecule has 6 heteroatoms. The average molecular weight is 260 g/mol. The Morgan fingerprint density at radius 3 is 2.86 bits per heavy atom. The number of halogens is 1. The molecule has 1 N–H and O–H groups in total. The van der Waals surface area contributed by atoms with Crippen LogP contribution in [0.3, 0.4) is 0 Å². The van der Waals surface area contributed by atoms with Gasteiger partial charge in [-0.2, -0.15) is 0 Å². The first-order valence-corrected chi connectivity index (χ1v) is 5.14. The Labute approximate surface area is 89.2 Å². The lowest BCUT2D eigenvalue weighted by molar-refractivity contribution is 0.122. The van der Waals surface area contributed by atoms with Gasteiger partial charge in [-0.1, -0.05) is 0 Å². The summed E-state index contributed by atoms with van der Waals surface area (Å²) in [4.78, 5) is 20.1. The minimum atomic E-state index is -0.151. The molecule has 0 atom stereocenters. The number of nitrogens with zero attached hydrogens (tertiary/aromatic N) is 2. The van der Waals surface area contributed by atoms with Gasteiger partial charge in [-0.15, -0.1) is 0 Å². The van der Waals surface area contributed by atoms with E-state index in [1.54, 1.807) is 0 Å². The molecule has 0 amide bonds. The normalized spacial score (nSPS) is 17.1. The number of nitrogens with one attached hydrogen (secondary N) is 1. The number of rotatable bonds is 1. The number of hydrogen-bond acceptors (Lipinski definition) is 4. The topological polar surface area (TPSA) is 58.2 Å². The predicted molar refractivity (Wildman–Crippen MR) is 55.6 cm³/mol. The SMILES string of the molecule is O=c1[nH]c(N2CCOCC2)ncc1Br. The molecule has 0 radical (unpaired) electrons. The smallest absolute Gasteiger partial charge is 0.266 e. The van der Waals surface area contributed by atoms with Crippen LogP contribution in [0.2, 0.25) is 0 Å². The van der Waals surface area contributed by atoms with E-state index < -0.39 is 0 Å². The number of morpholine rings is 1. The van der Waals surface area contributed by atoms with Gasteiger partial charge in [0.25, 0.3) is 5.56 Å². The molecule has 14 heavy (non-hydrogen) atoms. The number of hydrogen-bond donors (Lipinski definition) is 1. The number of aromatic amines is 1. The van der Waals surface area contributed by atoms with Crippen LogP contribution in [0.1, 0.15) is 0 Å². The van der Waals surface area contributed by atoms with Crippen molar-refractivity contribution in [1.29, 1.82) is 0 Å². The zero-order valence-electron chi connectivity index (χ0n) is 7.49. The molecule has 76 valence electrons. The Morgan fingerprint density at radius 2 is 2.21 bits per heavy atom. The molecule has 0 aliphatic carbocycles. The van der Waals surface area contributed by atoms with Crippen LogP contribution in [-0.2, 0) is 4.74 Å². The molecule has 1 aliphatic heterocycles. The maximum Gasteiger partial charge on any atom is 0.266 e. The fourth-order valence-electron chi connectivity index (χ4n) is 1.31. The van der Waals surface area contributed by atoms with Crippen molar-refractivity contribution in [1.82, 2.24) is 9.97 Å². The summed E-state index contributed by atoms with van der Waals surface area (Å²) in [7, 11) is 0. The Balaban J connectivity index is 2.23. The van der Waals surface area contributed by atoms with E-state index >= 15 is 0 Å². The molecule has 1 saturated heterocycles. The Bertz CT molecular complexity index is 373. The highest BCUT2D eigenvalue weighted by Crippen LogP contribution is 2.08. The summed E-state index contributed by atoms with van der Waals surface area (Å²) in [6.45, 7) is 2.90. The quantitative estimate of drug-likeness (QED) is 0.792. The minimum absolute atomic E-state index is 0.151. The van der Waals surface area contributed by atoms with E-state index in [1.165, 1.54) is 6.20 Å². The molecule has 0 spiro atoms. The monoisotopic (exact) mass is 259 g/mol. The van der Waals surface area contributed by atoms with Gasteiger partial charge in [0.05, 0.1) is 19.4 Å². The first-order chi connectivity index (χ1) is 6.77. The molecular formula is C8H10BrN3O2. The fourth-order valence-corrected chi connectivity index (χ4v) is 1.51. The van der Waals surface area contributed by atoms with E-state index in [0.717, 1.165) is 13.1 Å². The predicted octanol–water partition coefficient (Wildman–Crippen LogP) is 0.369. The number of aromatic nitrogens is 2. The van der Waals surface area contributed by atoms with E-state index in [4.69, 9.17) is 4.74 Å². The standard InChI is InChI=1S/C8H10BrN3O2/c9-6-5-10-8(11-7(6)13)12-1-3-14-4-2-12/h5H,1-4H2,(H,10,11,13). The van der Waals surface area contributed by atoms with Gasteiger partial charge in [0.1, 0.15) is 4.47 Å². The van der Waals surface area contributed by atoms with Crippen LogP contribution in [0.4, 0.5) is 5.95 Å². The van der Waals surface area contributed by atoms with Gasteiger partial charge in [-0.3, -0.25) is 9.78 Å². The summed E-state index contributed by atoms with van der Waals surface area (Å²) in [6, 6.07) is 0. The highest BCUT2D eigenvalue weighted by Gasteiger charge is 2.13. The number of H-pyrrole nitrogens is 1. The molecule has 2 heterocycles. The molecule has 0 saturated carbocycles. The van der Waals surface area contributed by atoms with Crippen LogP contribution in [-0.4, -0.2) is 36.3 Å². The largest absolute Gasteiger partial charge is 0.378 e. The van der Waals surface area contributed by atoms with E-state index in [1.807, 2.05) is 4.90 Å². The third kappa shape index (κ3) is 1.96. The van der Waals surface area contributed by atoms with Crippen molar-refractivity contribution in [3.63, 3.8) is 0 Å². The van der Waals surface area contributed by atoms with Gasteiger partial charge in [0.2, 0.25) is 5.95 Å². The van der Waals surface area contributed by atoms with E-state index in [0.29, 0.717) is 23.6 Å². The second-order valence-electron chi connectivity index (χ2n) is 2.98. The summed E-state index contributed by atoms with van der Waals surface area (Å²) in [6.07, 6.45) is 1.52. The van der Waals surface area contributed by atoms with Crippen molar-refractivity contribution >= 4 is 21.9 Å². The zero-order valence-corrected chi connectivity index (χ0v) is 9.08. The van der Waals surface area contributed by atoms with Gasteiger partial charge in [0, 0.05) is 13.1 Å². The average Bonchev–Trinajstić information content (AvgIpc) is 2.23. The van der Waals surface area contributed by atoms with E-state index in [2.05, 4.69) is 25.9 Å². The molecule has 0 bridgehead atoms. The third-order valence-corrected chi connectivity index (χ3v) is 2.62. The van der Waals surface area contributed by atoms with Gasteiger partial charge in [-0.05, 0) is 15.9 Å². The number of ether oxygens (including phenoxy) is 1. The second kappa shape index (κ2) is 4.10. The van der Waals surface area contributed by atoms with E-state index in [-0.39, 0.29) is 5.56 Å². The van der Waals surface area contributed by atoms with Gasteiger partial charge >= 0.3 is 0 Å². The Hall–Kier alpha value is -0.880. The minimum Gasteiger partial charge on any atom is -0.378 e. The molecule has 0 unspecified atom stereocenters. The maximum atomic E-state index is 11.3. The highest BCUT2D eigenvalue weighted by molar-refractivity contribution is 9.10. The van der Waals surface area contributed by atoms with Gasteiger partial charge in [-0.25, -0.2) is 4.98 Å². The van der Waals surface area contributed by atoms with Gasteiger partial charge < -0.3 is 9.64 Å². The van der Waals surface area contributed by atoms with Crippen molar-refractivity contribution in [3.8, 4) is 0 Å². The van der Waals surface area contributed by atoms with Crippen molar-refractivity contribution in [2.24, 2.45) is 0 Å². The van der Waals surface area contributed by atoms with Crippen molar-refractivity contribution in [2.75, 3.05) is 31.2 Å². The molecule has 1 aromatic heterocycles. The third-order valence-electron chi connectivity index (χ3n) is 2.05. The number of anilines is 1. The lowest BCUT2D eigenvalue weighted by Crippen LogP contribution is -2.38. The van der Waals surface area contributed by atoms with Gasteiger partial charge in [0.15, 0.2) is 0 Å². The summed E-state index contributed by atoms with van der Waals surface area (Å²) in [5.74, 6) is 0.612. The van der Waals surface area contributed by atoms with Crippen molar-refractivity contribution in [2.45, 2.75) is 0 Å². The van der Waals surface area contributed by atoms with Crippen molar-refractivity contribution < 1.29 is 4.74 Å². The molecule has 2 rings (SSSR count). The highest BCUT2D eigenvalue weighted by atomic mass is 79.9. The van der Waals surface area contributed by atoms with Crippen molar-refractivity contribution in [3.05, 3.63) is 21.0 Å². The molecule has 1 fully saturated rings. The van der Waals surface area contributed by atoms with Crippen LogP contribution < -0.4 is 10.5 Å². The molecule has 5 nitrogen and oxygen atoms in total. The summed E-state index contributed by atoms with van der Waals surface area (Å²) >= 11 is 3.10.